The predicted molar refractivity (Wildman–Crippen MR) is 75.1 cm³/mol. The topological polar surface area (TPSA) is 52.0 Å². The van der Waals surface area contributed by atoms with Crippen LogP contribution in [-0.4, -0.2) is 21.9 Å². The molecule has 0 saturated heterocycles. The molecule has 0 saturated carbocycles. The molecular weight excluding hydrogens is 259 g/mol. The molecule has 6 heteroatoms. The average molecular weight is 278 g/mol. The Hall–Kier alpha value is -2.11. The van der Waals surface area contributed by atoms with Crippen LogP contribution in [0.3, 0.4) is 0 Å². The van der Waals surface area contributed by atoms with Crippen LogP contribution in [0.2, 0.25) is 0 Å². The van der Waals surface area contributed by atoms with E-state index in [0.29, 0.717) is 23.9 Å². The Kier molecular flexibility index (Phi) is 4.55. The number of hydrogen-bond acceptors (Lipinski definition) is 4. The number of benzene rings is 1. The lowest BCUT2D eigenvalue weighted by Gasteiger charge is -2.11. The molecule has 2 aromatic rings. The Morgan fingerprint density at radius 1 is 1.40 bits per heavy atom. The molecule has 1 heterocycles. The third kappa shape index (κ3) is 3.46. The molecule has 0 aliphatic rings. The minimum Gasteiger partial charge on any atom is -0.497 e. The Morgan fingerprint density at radius 3 is 2.90 bits per heavy atom. The fraction of sp³-hybridized carbons (Fsp3) is 0.429. The van der Waals surface area contributed by atoms with Crippen molar-refractivity contribution in [3.05, 3.63) is 36.2 Å². The van der Waals surface area contributed by atoms with E-state index in [2.05, 4.69) is 29.2 Å². The summed E-state index contributed by atoms with van der Waals surface area (Å²) in [5, 5.41) is 7.20. The molecule has 0 spiro atoms. The zero-order valence-electron chi connectivity index (χ0n) is 11.9. The summed E-state index contributed by atoms with van der Waals surface area (Å²) in [6.45, 7) is 5.43. The Bertz CT molecular complexity index is 568. The third-order valence-corrected chi connectivity index (χ3v) is 2.84. The number of rotatable bonds is 6. The SMILES string of the molecule is COc1ccc(F)c(NCc2ncnn2CC(C)C)c1. The number of nitrogens with one attached hydrogen (secondary N) is 1. The van der Waals surface area contributed by atoms with Gasteiger partial charge >= 0.3 is 0 Å². The molecule has 0 bridgehead atoms. The first-order chi connectivity index (χ1) is 9.60. The van der Waals surface area contributed by atoms with Crippen LogP contribution in [0.1, 0.15) is 19.7 Å². The van der Waals surface area contributed by atoms with Gasteiger partial charge in [-0.2, -0.15) is 5.10 Å². The van der Waals surface area contributed by atoms with Crippen molar-refractivity contribution >= 4 is 5.69 Å². The Balaban J connectivity index is 2.07. The van der Waals surface area contributed by atoms with Gasteiger partial charge in [0.1, 0.15) is 23.7 Å². The summed E-state index contributed by atoms with van der Waals surface area (Å²) in [6.07, 6.45) is 1.52. The molecule has 0 fully saturated rings. The van der Waals surface area contributed by atoms with Gasteiger partial charge in [-0.1, -0.05) is 13.8 Å². The summed E-state index contributed by atoms with van der Waals surface area (Å²) in [5.41, 5.74) is 0.392. The highest BCUT2D eigenvalue weighted by Gasteiger charge is 2.08. The second-order valence-electron chi connectivity index (χ2n) is 4.95. The van der Waals surface area contributed by atoms with Crippen molar-refractivity contribution in [2.75, 3.05) is 12.4 Å². The summed E-state index contributed by atoms with van der Waals surface area (Å²) in [5.74, 6) is 1.54. The molecule has 20 heavy (non-hydrogen) atoms. The van der Waals surface area contributed by atoms with Crippen molar-refractivity contribution in [3.63, 3.8) is 0 Å². The quantitative estimate of drug-likeness (QED) is 0.882. The summed E-state index contributed by atoms with van der Waals surface area (Å²) in [4.78, 5) is 4.19. The van der Waals surface area contributed by atoms with E-state index in [-0.39, 0.29) is 5.82 Å². The van der Waals surface area contributed by atoms with Gasteiger partial charge in [-0.3, -0.25) is 0 Å². The summed E-state index contributed by atoms with van der Waals surface area (Å²) < 4.78 is 20.6. The first-order valence-corrected chi connectivity index (χ1v) is 6.54. The molecule has 2 rings (SSSR count). The van der Waals surface area contributed by atoms with Crippen molar-refractivity contribution < 1.29 is 9.13 Å². The van der Waals surface area contributed by atoms with Gasteiger partial charge in [0.05, 0.1) is 19.3 Å². The first kappa shape index (κ1) is 14.3. The van der Waals surface area contributed by atoms with E-state index in [1.807, 2.05) is 4.68 Å². The third-order valence-electron chi connectivity index (χ3n) is 2.84. The van der Waals surface area contributed by atoms with Gasteiger partial charge in [0.2, 0.25) is 0 Å². The molecule has 1 aromatic heterocycles. The fourth-order valence-electron chi connectivity index (χ4n) is 1.86. The van der Waals surface area contributed by atoms with Gasteiger partial charge in [0.25, 0.3) is 0 Å². The maximum Gasteiger partial charge on any atom is 0.146 e. The lowest BCUT2D eigenvalue weighted by Crippen LogP contribution is -2.13. The van der Waals surface area contributed by atoms with Gasteiger partial charge in [-0.25, -0.2) is 14.1 Å². The van der Waals surface area contributed by atoms with Gasteiger partial charge in [-0.05, 0) is 18.1 Å². The van der Waals surface area contributed by atoms with Crippen molar-refractivity contribution in [1.82, 2.24) is 14.8 Å². The largest absolute Gasteiger partial charge is 0.497 e. The molecule has 1 aromatic carbocycles. The Labute approximate surface area is 117 Å². The van der Waals surface area contributed by atoms with Crippen molar-refractivity contribution in [3.8, 4) is 5.75 Å². The second kappa shape index (κ2) is 6.36. The van der Waals surface area contributed by atoms with E-state index in [1.54, 1.807) is 19.2 Å². The van der Waals surface area contributed by atoms with E-state index >= 15 is 0 Å². The molecular formula is C14H19FN4O. The van der Waals surface area contributed by atoms with E-state index in [4.69, 9.17) is 4.74 Å². The lowest BCUT2D eigenvalue weighted by molar-refractivity contribution is 0.414. The van der Waals surface area contributed by atoms with Crippen LogP contribution in [0, 0.1) is 11.7 Å². The predicted octanol–water partition coefficient (Wildman–Crippen LogP) is 2.69. The van der Waals surface area contributed by atoms with E-state index in [0.717, 1.165) is 12.4 Å². The molecule has 5 nitrogen and oxygen atoms in total. The molecule has 0 amide bonds. The summed E-state index contributed by atoms with van der Waals surface area (Å²) >= 11 is 0. The van der Waals surface area contributed by atoms with E-state index < -0.39 is 0 Å². The number of nitrogens with zero attached hydrogens (tertiary/aromatic N) is 3. The minimum atomic E-state index is -0.319. The summed E-state index contributed by atoms with van der Waals surface area (Å²) in [7, 11) is 1.55. The standard InChI is InChI=1S/C14H19FN4O/c1-10(2)8-19-14(17-9-18-19)7-16-13-6-11(20-3)4-5-12(13)15/h4-6,9-10,16H,7-8H2,1-3H3. The molecule has 0 atom stereocenters. The van der Waals surface area contributed by atoms with Crippen LogP contribution in [-0.2, 0) is 13.1 Å². The zero-order chi connectivity index (χ0) is 14.5. The number of hydrogen-bond donors (Lipinski definition) is 1. The van der Waals surface area contributed by atoms with Crippen LogP contribution in [0.15, 0.2) is 24.5 Å². The van der Waals surface area contributed by atoms with Crippen LogP contribution in [0.25, 0.3) is 0 Å². The van der Waals surface area contributed by atoms with Crippen molar-refractivity contribution in [2.45, 2.75) is 26.9 Å². The van der Waals surface area contributed by atoms with E-state index in [1.165, 1.54) is 12.4 Å². The van der Waals surface area contributed by atoms with Crippen LogP contribution >= 0.6 is 0 Å². The number of ether oxygens (including phenoxy) is 1. The molecule has 0 radical (unpaired) electrons. The Morgan fingerprint density at radius 2 is 2.20 bits per heavy atom. The van der Waals surface area contributed by atoms with Crippen LogP contribution in [0.4, 0.5) is 10.1 Å². The summed E-state index contributed by atoms with van der Waals surface area (Å²) in [6, 6.07) is 4.58. The molecule has 108 valence electrons. The number of aromatic nitrogens is 3. The average Bonchev–Trinajstić information content (AvgIpc) is 2.84. The number of halogens is 1. The first-order valence-electron chi connectivity index (χ1n) is 6.54. The lowest BCUT2D eigenvalue weighted by atomic mass is 10.2. The van der Waals surface area contributed by atoms with E-state index in [9.17, 15) is 4.39 Å². The number of anilines is 1. The maximum absolute atomic E-state index is 13.7. The van der Waals surface area contributed by atoms with Gasteiger partial charge in [0, 0.05) is 12.6 Å². The van der Waals surface area contributed by atoms with Gasteiger partial charge in [0.15, 0.2) is 0 Å². The smallest absolute Gasteiger partial charge is 0.146 e. The molecule has 0 aliphatic carbocycles. The van der Waals surface area contributed by atoms with Gasteiger partial charge in [-0.15, -0.1) is 0 Å². The highest BCUT2D eigenvalue weighted by atomic mass is 19.1. The van der Waals surface area contributed by atoms with Crippen LogP contribution < -0.4 is 10.1 Å². The highest BCUT2D eigenvalue weighted by Crippen LogP contribution is 2.21. The minimum absolute atomic E-state index is 0.319. The van der Waals surface area contributed by atoms with Gasteiger partial charge < -0.3 is 10.1 Å². The highest BCUT2D eigenvalue weighted by molar-refractivity contribution is 5.49. The molecule has 1 N–H and O–H groups in total. The molecule has 0 unspecified atom stereocenters. The monoisotopic (exact) mass is 278 g/mol. The second-order valence-corrected chi connectivity index (χ2v) is 4.95. The fourth-order valence-corrected chi connectivity index (χ4v) is 1.86. The number of methoxy groups -OCH3 is 1. The van der Waals surface area contributed by atoms with Crippen molar-refractivity contribution in [2.24, 2.45) is 5.92 Å². The normalized spacial score (nSPS) is 10.8. The zero-order valence-corrected chi connectivity index (χ0v) is 11.9. The van der Waals surface area contributed by atoms with Crippen LogP contribution in [0.5, 0.6) is 5.75 Å². The van der Waals surface area contributed by atoms with Crippen molar-refractivity contribution in [1.29, 1.82) is 0 Å². The maximum atomic E-state index is 13.7. The molecule has 0 aliphatic heterocycles.